The molecule has 108 valence electrons. The van der Waals surface area contributed by atoms with Gasteiger partial charge in [-0.25, -0.2) is 0 Å². The Bertz CT molecular complexity index is 519. The molecule has 8 heteroatoms. The molecule has 0 atom stereocenters. The molecule has 1 aromatic rings. The normalized spacial score (nSPS) is 15.4. The van der Waals surface area contributed by atoms with E-state index in [2.05, 4.69) is 10.5 Å². The van der Waals surface area contributed by atoms with E-state index in [9.17, 15) is 14.4 Å². The fraction of sp³-hybridized carbons (Fsp3) is 0.500. The molecule has 1 N–H and O–H groups in total. The fourth-order valence-corrected chi connectivity index (χ4v) is 2.93. The average Bonchev–Trinajstić information content (AvgIpc) is 2.69. The van der Waals surface area contributed by atoms with E-state index >= 15 is 0 Å². The molecule has 1 fully saturated rings. The molecule has 7 nitrogen and oxygen atoms in total. The minimum atomic E-state index is -0.440. The zero-order valence-corrected chi connectivity index (χ0v) is 12.1. The van der Waals surface area contributed by atoms with Crippen molar-refractivity contribution in [2.45, 2.75) is 19.6 Å². The number of carbonyl (C=O) groups is 3. The molecule has 1 aliphatic rings. The maximum absolute atomic E-state index is 11.9. The molecule has 2 rings (SSSR count). The third-order valence-electron chi connectivity index (χ3n) is 2.95. The predicted molar refractivity (Wildman–Crippen MR) is 71.9 cm³/mol. The summed E-state index contributed by atoms with van der Waals surface area (Å²) >= 11 is 1.41. The molecule has 3 amide bonds. The number of hydrogen-bond acceptors (Lipinski definition) is 6. The Morgan fingerprint density at radius 2 is 2.00 bits per heavy atom. The second-order valence-corrected chi connectivity index (χ2v) is 5.50. The van der Waals surface area contributed by atoms with Gasteiger partial charge in [-0.05, 0) is 13.8 Å². The summed E-state index contributed by atoms with van der Waals surface area (Å²) in [7, 11) is 0. The number of aryl methyl sites for hydroxylation is 2. The molecule has 0 spiro atoms. The Hall–Kier alpha value is -1.83. The molecule has 0 bridgehead atoms. The van der Waals surface area contributed by atoms with Gasteiger partial charge in [0.2, 0.25) is 17.7 Å². The van der Waals surface area contributed by atoms with Crippen molar-refractivity contribution in [3.63, 3.8) is 0 Å². The Labute approximate surface area is 120 Å². The number of aromatic nitrogens is 1. The van der Waals surface area contributed by atoms with Crippen molar-refractivity contribution in [2.75, 3.05) is 18.8 Å². The third-order valence-corrected chi connectivity index (χ3v) is 3.90. The monoisotopic (exact) mass is 297 g/mol. The van der Waals surface area contributed by atoms with Crippen LogP contribution in [0.2, 0.25) is 0 Å². The van der Waals surface area contributed by atoms with E-state index in [-0.39, 0.29) is 24.7 Å². The van der Waals surface area contributed by atoms with Gasteiger partial charge < -0.3 is 9.42 Å². The van der Waals surface area contributed by atoms with E-state index in [0.717, 1.165) is 17.0 Å². The number of piperazine rings is 1. The van der Waals surface area contributed by atoms with Gasteiger partial charge in [0.25, 0.3) is 0 Å². The van der Waals surface area contributed by atoms with Gasteiger partial charge in [-0.2, -0.15) is 0 Å². The lowest BCUT2D eigenvalue weighted by Crippen LogP contribution is -2.53. The highest BCUT2D eigenvalue weighted by Gasteiger charge is 2.26. The first kappa shape index (κ1) is 14.6. The fourth-order valence-electron chi connectivity index (χ4n) is 1.85. The maximum Gasteiger partial charge on any atom is 0.246 e. The van der Waals surface area contributed by atoms with Crippen LogP contribution in [0.25, 0.3) is 0 Å². The first-order valence-electron chi connectivity index (χ1n) is 6.07. The molecule has 0 unspecified atom stereocenters. The molecule has 1 aliphatic heterocycles. The average molecular weight is 297 g/mol. The summed E-state index contributed by atoms with van der Waals surface area (Å²) < 4.78 is 5.04. The molecule has 0 saturated carbocycles. The summed E-state index contributed by atoms with van der Waals surface area (Å²) in [5.41, 5.74) is 1.80. The lowest BCUT2D eigenvalue weighted by molar-refractivity contribution is -0.144. The summed E-state index contributed by atoms with van der Waals surface area (Å²) in [6, 6.07) is 0. The van der Waals surface area contributed by atoms with E-state index in [1.165, 1.54) is 16.7 Å². The number of imide groups is 1. The number of rotatable bonds is 4. The molecule has 0 radical (unpaired) electrons. The highest BCUT2D eigenvalue weighted by Crippen LogP contribution is 2.19. The van der Waals surface area contributed by atoms with Crippen LogP contribution in [0.5, 0.6) is 0 Å². The predicted octanol–water partition coefficient (Wildman–Crippen LogP) is 0.00964. The lowest BCUT2D eigenvalue weighted by Gasteiger charge is -2.25. The number of nitrogens with one attached hydrogen (secondary N) is 1. The maximum atomic E-state index is 11.9. The standard InChI is InChI=1S/C12H15N3O4S/c1-7-9(8(2)19-14-7)5-20-6-12(18)15-3-10(16)13-11(17)4-15/h3-6H2,1-2H3,(H,13,16,17). The van der Waals surface area contributed by atoms with Crippen molar-refractivity contribution < 1.29 is 18.9 Å². The highest BCUT2D eigenvalue weighted by atomic mass is 32.2. The Balaban J connectivity index is 1.83. The summed E-state index contributed by atoms with van der Waals surface area (Å²) in [6.45, 7) is 3.56. The topological polar surface area (TPSA) is 92.5 Å². The van der Waals surface area contributed by atoms with Gasteiger partial charge in [0.15, 0.2) is 0 Å². The van der Waals surface area contributed by atoms with E-state index in [0.29, 0.717) is 5.75 Å². The van der Waals surface area contributed by atoms with E-state index in [1.807, 2.05) is 13.8 Å². The first-order valence-corrected chi connectivity index (χ1v) is 7.23. The highest BCUT2D eigenvalue weighted by molar-refractivity contribution is 7.99. The van der Waals surface area contributed by atoms with Crippen LogP contribution >= 0.6 is 11.8 Å². The largest absolute Gasteiger partial charge is 0.361 e. The number of thioether (sulfide) groups is 1. The summed E-state index contributed by atoms with van der Waals surface area (Å²) in [4.78, 5) is 35.6. The summed E-state index contributed by atoms with van der Waals surface area (Å²) in [5.74, 6) is 0.474. The smallest absolute Gasteiger partial charge is 0.246 e. The van der Waals surface area contributed by atoms with Crippen LogP contribution in [0.3, 0.4) is 0 Å². The van der Waals surface area contributed by atoms with Crippen LogP contribution < -0.4 is 5.32 Å². The second-order valence-electron chi connectivity index (χ2n) is 4.52. The van der Waals surface area contributed by atoms with Crippen LogP contribution in [0.1, 0.15) is 17.0 Å². The molecule has 1 saturated heterocycles. The molecule has 20 heavy (non-hydrogen) atoms. The van der Waals surface area contributed by atoms with E-state index in [4.69, 9.17) is 4.52 Å². The van der Waals surface area contributed by atoms with Crippen molar-refractivity contribution in [1.82, 2.24) is 15.4 Å². The van der Waals surface area contributed by atoms with Crippen LogP contribution in [0.4, 0.5) is 0 Å². The minimum absolute atomic E-state index is 0.0591. The van der Waals surface area contributed by atoms with Crippen molar-refractivity contribution in [2.24, 2.45) is 0 Å². The van der Waals surface area contributed by atoms with Gasteiger partial charge in [0.1, 0.15) is 18.8 Å². The zero-order valence-electron chi connectivity index (χ0n) is 11.3. The van der Waals surface area contributed by atoms with Crippen LogP contribution in [0.15, 0.2) is 4.52 Å². The van der Waals surface area contributed by atoms with Crippen molar-refractivity contribution in [1.29, 1.82) is 0 Å². The number of amides is 3. The van der Waals surface area contributed by atoms with Crippen LogP contribution in [-0.4, -0.2) is 46.6 Å². The van der Waals surface area contributed by atoms with E-state index in [1.54, 1.807) is 0 Å². The number of carbonyl (C=O) groups excluding carboxylic acids is 3. The first-order chi connectivity index (χ1) is 9.47. The van der Waals surface area contributed by atoms with Crippen molar-refractivity contribution in [3.8, 4) is 0 Å². The quantitative estimate of drug-likeness (QED) is 0.787. The second kappa shape index (κ2) is 6.08. The third kappa shape index (κ3) is 3.38. The molecule has 1 aromatic heterocycles. The SMILES string of the molecule is Cc1noc(C)c1CSCC(=O)N1CC(=O)NC(=O)C1. The van der Waals surface area contributed by atoms with Crippen LogP contribution in [-0.2, 0) is 20.1 Å². The van der Waals surface area contributed by atoms with Gasteiger partial charge >= 0.3 is 0 Å². The summed E-state index contributed by atoms with van der Waals surface area (Å²) in [6.07, 6.45) is 0. The lowest BCUT2D eigenvalue weighted by atomic mass is 10.2. The van der Waals surface area contributed by atoms with Crippen molar-refractivity contribution in [3.05, 3.63) is 17.0 Å². The Kier molecular flexibility index (Phi) is 4.43. The molecule has 0 aliphatic carbocycles. The van der Waals surface area contributed by atoms with Gasteiger partial charge in [-0.1, -0.05) is 5.16 Å². The molecular weight excluding hydrogens is 282 g/mol. The minimum Gasteiger partial charge on any atom is -0.361 e. The number of nitrogens with zero attached hydrogens (tertiary/aromatic N) is 2. The number of hydrogen-bond donors (Lipinski definition) is 1. The Morgan fingerprint density at radius 3 is 2.55 bits per heavy atom. The molecule has 2 heterocycles. The van der Waals surface area contributed by atoms with Gasteiger partial charge in [0, 0.05) is 11.3 Å². The summed E-state index contributed by atoms with van der Waals surface area (Å²) in [5, 5.41) is 6.00. The van der Waals surface area contributed by atoms with Gasteiger partial charge in [-0.3, -0.25) is 19.7 Å². The Morgan fingerprint density at radius 1 is 1.35 bits per heavy atom. The molecule has 0 aromatic carbocycles. The molecular formula is C12H15N3O4S. The van der Waals surface area contributed by atoms with Gasteiger partial charge in [-0.15, -0.1) is 11.8 Å². The van der Waals surface area contributed by atoms with E-state index < -0.39 is 11.8 Å². The van der Waals surface area contributed by atoms with Crippen molar-refractivity contribution >= 4 is 29.5 Å². The van der Waals surface area contributed by atoms with Crippen LogP contribution in [0, 0.1) is 13.8 Å². The zero-order chi connectivity index (χ0) is 14.7. The van der Waals surface area contributed by atoms with Gasteiger partial charge in [0.05, 0.1) is 11.4 Å².